The van der Waals surface area contributed by atoms with Crippen LogP contribution in [0.4, 0.5) is 0 Å². The van der Waals surface area contributed by atoms with Crippen molar-refractivity contribution in [2.45, 2.75) is 13.0 Å². The van der Waals surface area contributed by atoms with Crippen LogP contribution in [-0.4, -0.2) is 22.7 Å². The molecule has 0 saturated carbocycles. The van der Waals surface area contributed by atoms with Gasteiger partial charge in [0.2, 0.25) is 0 Å². The molecule has 94 valence electrons. The molecular formula is C12H12N2O3S. The second-order valence-electron chi connectivity index (χ2n) is 3.57. The molecule has 6 heteroatoms. The number of rotatable bonds is 5. The summed E-state index contributed by atoms with van der Waals surface area (Å²) in [7, 11) is 1.60. The molecule has 0 amide bonds. The molecule has 0 N–H and O–H groups in total. The Bertz CT molecular complexity index is 497. The van der Waals surface area contributed by atoms with Gasteiger partial charge < -0.3 is 9.47 Å². The Hall–Kier alpha value is -1.95. The minimum atomic E-state index is -0.270. The van der Waals surface area contributed by atoms with Gasteiger partial charge in [-0.1, -0.05) is 16.6 Å². The smallest absolute Gasteiger partial charge is 0.310 e. The predicted molar refractivity (Wildman–Crippen MR) is 66.4 cm³/mol. The van der Waals surface area contributed by atoms with E-state index in [9.17, 15) is 4.79 Å². The van der Waals surface area contributed by atoms with Crippen LogP contribution in [0.3, 0.4) is 0 Å². The summed E-state index contributed by atoms with van der Waals surface area (Å²) in [5.41, 5.74) is 0.892. The van der Waals surface area contributed by atoms with Crippen LogP contribution >= 0.6 is 11.5 Å². The zero-order chi connectivity index (χ0) is 12.8. The normalized spacial score (nSPS) is 10.1. The van der Waals surface area contributed by atoms with E-state index in [2.05, 4.69) is 9.59 Å². The highest BCUT2D eigenvalue weighted by Gasteiger charge is 2.06. The van der Waals surface area contributed by atoms with Crippen molar-refractivity contribution in [3.05, 3.63) is 40.9 Å². The molecule has 18 heavy (non-hydrogen) atoms. The number of ether oxygens (including phenoxy) is 2. The monoisotopic (exact) mass is 264 g/mol. The number of carbonyl (C=O) groups is 1. The molecule has 0 atom stereocenters. The maximum atomic E-state index is 11.6. The van der Waals surface area contributed by atoms with Crippen molar-refractivity contribution < 1.29 is 14.3 Å². The molecule has 0 aliphatic carbocycles. The van der Waals surface area contributed by atoms with E-state index in [1.807, 2.05) is 24.3 Å². The van der Waals surface area contributed by atoms with E-state index in [0.29, 0.717) is 0 Å². The molecule has 1 aromatic carbocycles. The summed E-state index contributed by atoms with van der Waals surface area (Å²) in [6.45, 7) is 0.229. The molecule has 0 bridgehead atoms. The molecule has 0 saturated heterocycles. The van der Waals surface area contributed by atoms with Crippen molar-refractivity contribution in [2.75, 3.05) is 7.11 Å². The van der Waals surface area contributed by atoms with E-state index in [-0.39, 0.29) is 19.0 Å². The topological polar surface area (TPSA) is 61.3 Å². The van der Waals surface area contributed by atoms with Crippen molar-refractivity contribution in [2.24, 2.45) is 0 Å². The largest absolute Gasteiger partial charge is 0.497 e. The molecule has 0 aliphatic heterocycles. The lowest BCUT2D eigenvalue weighted by Crippen LogP contribution is -2.07. The first-order chi connectivity index (χ1) is 8.78. The Labute approximate surface area is 109 Å². The van der Waals surface area contributed by atoms with Crippen LogP contribution in [-0.2, 0) is 22.6 Å². The maximum Gasteiger partial charge on any atom is 0.310 e. The van der Waals surface area contributed by atoms with E-state index in [1.54, 1.807) is 13.3 Å². The highest BCUT2D eigenvalue weighted by atomic mass is 32.1. The predicted octanol–water partition coefficient (Wildman–Crippen LogP) is 1.83. The lowest BCUT2D eigenvalue weighted by Gasteiger charge is -2.04. The van der Waals surface area contributed by atoms with Crippen LogP contribution in [0.1, 0.15) is 10.4 Å². The number of carbonyl (C=O) groups excluding carboxylic acids is 1. The third-order valence-electron chi connectivity index (χ3n) is 2.29. The van der Waals surface area contributed by atoms with Crippen LogP contribution in [0.2, 0.25) is 0 Å². The Morgan fingerprint density at radius 1 is 1.33 bits per heavy atom. The zero-order valence-corrected chi connectivity index (χ0v) is 10.6. The number of hydrogen-bond donors (Lipinski definition) is 0. The van der Waals surface area contributed by atoms with Gasteiger partial charge in [0.05, 0.1) is 24.6 Å². The van der Waals surface area contributed by atoms with Gasteiger partial charge >= 0.3 is 5.97 Å². The number of nitrogens with zero attached hydrogens (tertiary/aromatic N) is 2. The number of benzene rings is 1. The molecule has 0 spiro atoms. The van der Waals surface area contributed by atoms with Crippen molar-refractivity contribution >= 4 is 17.5 Å². The van der Waals surface area contributed by atoms with Gasteiger partial charge in [-0.15, -0.1) is 5.10 Å². The number of aromatic nitrogens is 2. The van der Waals surface area contributed by atoms with Gasteiger partial charge in [0.15, 0.2) is 0 Å². The lowest BCUT2D eigenvalue weighted by molar-refractivity contribution is -0.144. The fourth-order valence-electron chi connectivity index (χ4n) is 1.36. The number of hydrogen-bond acceptors (Lipinski definition) is 6. The van der Waals surface area contributed by atoms with Gasteiger partial charge in [0.25, 0.3) is 0 Å². The van der Waals surface area contributed by atoms with Crippen molar-refractivity contribution in [1.82, 2.24) is 9.59 Å². The maximum absolute atomic E-state index is 11.6. The Morgan fingerprint density at radius 3 is 2.72 bits per heavy atom. The fourth-order valence-corrected chi connectivity index (χ4v) is 1.77. The first kappa shape index (κ1) is 12.5. The van der Waals surface area contributed by atoms with Gasteiger partial charge in [-0.2, -0.15) is 0 Å². The summed E-state index contributed by atoms with van der Waals surface area (Å²) >= 11 is 1.22. The summed E-state index contributed by atoms with van der Waals surface area (Å²) in [6, 6.07) is 7.31. The van der Waals surface area contributed by atoms with Crippen LogP contribution in [0, 0.1) is 0 Å². The molecule has 1 aromatic heterocycles. The fraction of sp³-hybridized carbons (Fsp3) is 0.250. The molecule has 0 unspecified atom stereocenters. The highest BCUT2D eigenvalue weighted by molar-refractivity contribution is 7.05. The third kappa shape index (κ3) is 3.53. The summed E-state index contributed by atoms with van der Waals surface area (Å²) in [4.78, 5) is 12.4. The van der Waals surface area contributed by atoms with Crippen molar-refractivity contribution in [3.63, 3.8) is 0 Å². The van der Waals surface area contributed by atoms with Crippen LogP contribution in [0.25, 0.3) is 0 Å². The van der Waals surface area contributed by atoms with Gasteiger partial charge in [-0.05, 0) is 29.2 Å². The molecule has 1 heterocycles. The van der Waals surface area contributed by atoms with Crippen molar-refractivity contribution in [1.29, 1.82) is 0 Å². The molecule has 0 radical (unpaired) electrons. The Morgan fingerprint density at radius 2 is 2.11 bits per heavy atom. The number of methoxy groups -OCH3 is 1. The van der Waals surface area contributed by atoms with Crippen LogP contribution in [0.5, 0.6) is 5.75 Å². The lowest BCUT2D eigenvalue weighted by atomic mass is 10.1. The molecular weight excluding hydrogens is 252 g/mol. The summed E-state index contributed by atoms with van der Waals surface area (Å²) < 4.78 is 13.8. The average Bonchev–Trinajstić information content (AvgIpc) is 2.90. The Balaban J connectivity index is 1.83. The summed E-state index contributed by atoms with van der Waals surface area (Å²) in [5.74, 6) is 0.497. The van der Waals surface area contributed by atoms with Gasteiger partial charge in [-0.25, -0.2) is 0 Å². The first-order valence-electron chi connectivity index (χ1n) is 5.32. The van der Waals surface area contributed by atoms with Crippen LogP contribution < -0.4 is 4.74 Å². The SMILES string of the molecule is COc1ccc(CC(=O)OCc2cnns2)cc1. The zero-order valence-electron chi connectivity index (χ0n) is 9.83. The van der Waals surface area contributed by atoms with E-state index in [1.165, 1.54) is 11.5 Å². The van der Waals surface area contributed by atoms with E-state index < -0.39 is 0 Å². The minimum absolute atomic E-state index is 0.229. The average molecular weight is 264 g/mol. The van der Waals surface area contributed by atoms with Crippen molar-refractivity contribution in [3.8, 4) is 5.75 Å². The van der Waals surface area contributed by atoms with E-state index >= 15 is 0 Å². The second-order valence-corrected chi connectivity index (χ2v) is 4.44. The highest BCUT2D eigenvalue weighted by Crippen LogP contribution is 2.12. The quantitative estimate of drug-likeness (QED) is 0.771. The van der Waals surface area contributed by atoms with Gasteiger partial charge in [0, 0.05) is 0 Å². The van der Waals surface area contributed by atoms with Gasteiger partial charge in [-0.3, -0.25) is 4.79 Å². The van der Waals surface area contributed by atoms with Crippen LogP contribution in [0.15, 0.2) is 30.5 Å². The number of esters is 1. The summed E-state index contributed by atoms with van der Waals surface area (Å²) in [6.07, 6.45) is 1.83. The molecule has 2 aromatic rings. The molecule has 0 fully saturated rings. The third-order valence-corrected chi connectivity index (χ3v) is 2.92. The first-order valence-corrected chi connectivity index (χ1v) is 6.10. The standard InChI is InChI=1S/C12H12N2O3S/c1-16-10-4-2-9(3-5-10)6-12(15)17-8-11-7-13-14-18-11/h2-5,7H,6,8H2,1H3. The van der Waals surface area contributed by atoms with E-state index in [0.717, 1.165) is 16.2 Å². The Kier molecular flexibility index (Phi) is 4.25. The molecule has 5 nitrogen and oxygen atoms in total. The molecule has 2 rings (SSSR count). The van der Waals surface area contributed by atoms with Gasteiger partial charge in [0.1, 0.15) is 12.4 Å². The molecule has 0 aliphatic rings. The second kappa shape index (κ2) is 6.11. The van der Waals surface area contributed by atoms with E-state index in [4.69, 9.17) is 9.47 Å². The summed E-state index contributed by atoms with van der Waals surface area (Å²) in [5, 5.41) is 3.67. The minimum Gasteiger partial charge on any atom is -0.497 e.